The second kappa shape index (κ2) is 8.06. The quantitative estimate of drug-likeness (QED) is 0.879. The van der Waals surface area contributed by atoms with Gasteiger partial charge in [-0.3, -0.25) is 10.1 Å². The highest BCUT2D eigenvalue weighted by Crippen LogP contribution is 2.25. The smallest absolute Gasteiger partial charge is 0.321 e. The van der Waals surface area contributed by atoms with E-state index in [9.17, 15) is 9.59 Å². The Balaban J connectivity index is 1.54. The molecule has 25 heavy (non-hydrogen) atoms. The Hall–Kier alpha value is -2.48. The number of aromatic nitrogens is 2. The van der Waals surface area contributed by atoms with Crippen LogP contribution in [0.3, 0.4) is 0 Å². The highest BCUT2D eigenvalue weighted by Gasteiger charge is 2.23. The molecule has 7 nitrogen and oxygen atoms in total. The molecule has 8 heteroatoms. The summed E-state index contributed by atoms with van der Waals surface area (Å²) >= 11 is 1.29. The number of hydrogen-bond acceptors (Lipinski definition) is 5. The highest BCUT2D eigenvalue weighted by molar-refractivity contribution is 7.18. The van der Waals surface area contributed by atoms with Gasteiger partial charge in [0.15, 0.2) is 0 Å². The second-order valence-electron chi connectivity index (χ2n) is 5.98. The molecule has 1 saturated heterocycles. The number of carbonyl (C=O) groups is 2. The maximum atomic E-state index is 12.3. The molecular weight excluding hydrogens is 338 g/mol. The second-order valence-corrected chi connectivity index (χ2v) is 6.96. The topological polar surface area (TPSA) is 87.2 Å². The van der Waals surface area contributed by atoms with Gasteiger partial charge in [0, 0.05) is 18.7 Å². The number of likely N-dealkylation sites (tertiary alicyclic amines) is 1. The molecular formula is C17H21N5O2S. The molecule has 0 radical (unpaired) electrons. The monoisotopic (exact) mass is 359 g/mol. The number of anilines is 1. The summed E-state index contributed by atoms with van der Waals surface area (Å²) in [6, 6.07) is 8.62. The van der Waals surface area contributed by atoms with Crippen molar-refractivity contribution < 1.29 is 9.59 Å². The molecule has 2 N–H and O–H groups in total. The number of piperidine rings is 1. The first-order chi connectivity index (χ1) is 12.1. The van der Waals surface area contributed by atoms with Crippen LogP contribution >= 0.6 is 11.3 Å². The number of nitrogens with one attached hydrogen (secondary N) is 2. The summed E-state index contributed by atoms with van der Waals surface area (Å²) in [5.41, 5.74) is 0.946. The molecule has 0 saturated carbocycles. The van der Waals surface area contributed by atoms with Crippen molar-refractivity contribution in [3.8, 4) is 10.6 Å². The largest absolute Gasteiger partial charge is 0.341 e. The summed E-state index contributed by atoms with van der Waals surface area (Å²) in [5.74, 6) is -0.0444. The highest BCUT2D eigenvalue weighted by atomic mass is 32.1. The summed E-state index contributed by atoms with van der Waals surface area (Å²) in [6.07, 6.45) is 3.21. The van der Waals surface area contributed by atoms with Crippen LogP contribution in [0.2, 0.25) is 0 Å². The van der Waals surface area contributed by atoms with E-state index in [1.165, 1.54) is 11.3 Å². The summed E-state index contributed by atoms with van der Waals surface area (Å²) in [7, 11) is 0. The molecule has 1 aliphatic rings. The van der Waals surface area contributed by atoms with Crippen molar-refractivity contribution in [3.05, 3.63) is 30.3 Å². The van der Waals surface area contributed by atoms with Crippen LogP contribution in [0.4, 0.5) is 9.93 Å². The predicted octanol–water partition coefficient (Wildman–Crippen LogP) is 2.73. The Morgan fingerprint density at radius 3 is 2.56 bits per heavy atom. The third kappa shape index (κ3) is 4.54. The molecule has 3 rings (SSSR count). The summed E-state index contributed by atoms with van der Waals surface area (Å²) in [5, 5.41) is 14.5. The number of nitrogens with zero attached hydrogens (tertiary/aromatic N) is 3. The maximum absolute atomic E-state index is 12.3. The Morgan fingerprint density at radius 1 is 1.12 bits per heavy atom. The van der Waals surface area contributed by atoms with E-state index in [0.717, 1.165) is 42.9 Å². The van der Waals surface area contributed by atoms with E-state index in [2.05, 4.69) is 20.8 Å². The van der Waals surface area contributed by atoms with Crippen LogP contribution in [-0.4, -0.2) is 46.2 Å². The Morgan fingerprint density at radius 2 is 1.84 bits per heavy atom. The van der Waals surface area contributed by atoms with Crippen LogP contribution in [0.15, 0.2) is 30.3 Å². The Kier molecular flexibility index (Phi) is 5.60. The summed E-state index contributed by atoms with van der Waals surface area (Å²) < 4.78 is 0. The van der Waals surface area contributed by atoms with Gasteiger partial charge in [-0.2, -0.15) is 0 Å². The Bertz CT molecular complexity index is 728. The van der Waals surface area contributed by atoms with Crippen LogP contribution < -0.4 is 10.6 Å². The van der Waals surface area contributed by atoms with Crippen molar-refractivity contribution in [3.63, 3.8) is 0 Å². The van der Waals surface area contributed by atoms with Crippen molar-refractivity contribution in [2.45, 2.75) is 32.2 Å². The zero-order chi connectivity index (χ0) is 17.6. The van der Waals surface area contributed by atoms with Gasteiger partial charge in [-0.05, 0) is 26.2 Å². The Labute approximate surface area is 150 Å². The first kappa shape index (κ1) is 17.3. The first-order valence-electron chi connectivity index (χ1n) is 8.39. The standard InChI is InChI=1S/C17H21N5O2S/c1-12(15(23)22-10-6-3-7-11-22)18-16(24)19-17-21-20-14(25-17)13-8-4-2-5-9-13/h2,4-5,8-9,12H,3,6-7,10-11H2,1H3,(H2,18,19,21,24)/t12-/m0/s1. The maximum Gasteiger partial charge on any atom is 0.321 e. The third-order valence-electron chi connectivity index (χ3n) is 4.05. The zero-order valence-electron chi connectivity index (χ0n) is 14.1. The fraction of sp³-hybridized carbons (Fsp3) is 0.412. The van der Waals surface area contributed by atoms with E-state index in [0.29, 0.717) is 5.13 Å². The van der Waals surface area contributed by atoms with Crippen LogP contribution in [0.5, 0.6) is 0 Å². The third-order valence-corrected chi connectivity index (χ3v) is 4.94. The number of carbonyl (C=O) groups excluding carboxylic acids is 2. The molecule has 1 aromatic carbocycles. The lowest BCUT2D eigenvalue weighted by Gasteiger charge is -2.29. The molecule has 0 spiro atoms. The van der Waals surface area contributed by atoms with Crippen molar-refractivity contribution in [2.75, 3.05) is 18.4 Å². The van der Waals surface area contributed by atoms with Gasteiger partial charge in [0.2, 0.25) is 11.0 Å². The van der Waals surface area contributed by atoms with Crippen molar-refractivity contribution in [2.24, 2.45) is 0 Å². The zero-order valence-corrected chi connectivity index (χ0v) is 14.9. The van der Waals surface area contributed by atoms with Gasteiger partial charge in [0.05, 0.1) is 0 Å². The van der Waals surface area contributed by atoms with Crippen molar-refractivity contribution in [1.82, 2.24) is 20.4 Å². The molecule has 1 aromatic heterocycles. The average Bonchev–Trinajstić information content (AvgIpc) is 3.10. The van der Waals surface area contributed by atoms with E-state index in [-0.39, 0.29) is 5.91 Å². The van der Waals surface area contributed by atoms with Crippen LogP contribution in [0.25, 0.3) is 10.6 Å². The average molecular weight is 359 g/mol. The lowest BCUT2D eigenvalue weighted by molar-refractivity contribution is -0.133. The summed E-state index contributed by atoms with van der Waals surface area (Å²) in [6.45, 7) is 3.23. The minimum atomic E-state index is -0.570. The van der Waals surface area contributed by atoms with Gasteiger partial charge in [0.1, 0.15) is 11.0 Å². The van der Waals surface area contributed by atoms with Gasteiger partial charge in [-0.1, -0.05) is 41.7 Å². The van der Waals surface area contributed by atoms with Crippen LogP contribution in [0.1, 0.15) is 26.2 Å². The normalized spacial score (nSPS) is 15.5. The number of urea groups is 1. The molecule has 1 fully saturated rings. The lowest BCUT2D eigenvalue weighted by Crippen LogP contribution is -2.49. The van der Waals surface area contributed by atoms with E-state index in [1.807, 2.05) is 35.2 Å². The van der Waals surface area contributed by atoms with Crippen molar-refractivity contribution in [1.29, 1.82) is 0 Å². The first-order valence-corrected chi connectivity index (χ1v) is 9.20. The van der Waals surface area contributed by atoms with Gasteiger partial charge in [-0.15, -0.1) is 10.2 Å². The fourth-order valence-corrected chi connectivity index (χ4v) is 3.49. The van der Waals surface area contributed by atoms with E-state index in [1.54, 1.807) is 6.92 Å². The molecule has 3 amide bonds. The molecule has 0 bridgehead atoms. The SMILES string of the molecule is C[C@H](NC(=O)Nc1nnc(-c2ccccc2)s1)C(=O)N1CCCCC1. The molecule has 1 aliphatic heterocycles. The number of rotatable bonds is 4. The molecule has 0 aliphatic carbocycles. The van der Waals surface area contributed by atoms with Crippen LogP contribution in [-0.2, 0) is 4.79 Å². The van der Waals surface area contributed by atoms with Gasteiger partial charge in [-0.25, -0.2) is 4.79 Å². The van der Waals surface area contributed by atoms with Crippen LogP contribution in [0, 0.1) is 0 Å². The predicted molar refractivity (Wildman–Crippen MR) is 97.4 cm³/mol. The summed E-state index contributed by atoms with van der Waals surface area (Å²) in [4.78, 5) is 26.2. The molecule has 0 unspecified atom stereocenters. The molecule has 1 atom stereocenters. The fourth-order valence-electron chi connectivity index (χ4n) is 2.75. The number of amides is 3. The molecule has 132 valence electrons. The minimum absolute atomic E-state index is 0.0444. The number of benzene rings is 1. The van der Waals surface area contributed by atoms with E-state index < -0.39 is 12.1 Å². The minimum Gasteiger partial charge on any atom is -0.341 e. The van der Waals surface area contributed by atoms with Crippen molar-refractivity contribution >= 4 is 28.4 Å². The van der Waals surface area contributed by atoms with Gasteiger partial charge < -0.3 is 10.2 Å². The number of hydrogen-bond donors (Lipinski definition) is 2. The molecule has 2 aromatic rings. The van der Waals surface area contributed by atoms with E-state index in [4.69, 9.17) is 0 Å². The van der Waals surface area contributed by atoms with E-state index >= 15 is 0 Å². The van der Waals surface area contributed by atoms with Gasteiger partial charge in [0.25, 0.3) is 0 Å². The molecule has 2 heterocycles. The lowest BCUT2D eigenvalue weighted by atomic mass is 10.1. The van der Waals surface area contributed by atoms with Gasteiger partial charge >= 0.3 is 6.03 Å².